The van der Waals surface area contributed by atoms with Crippen LogP contribution in [0.3, 0.4) is 0 Å². The zero-order chi connectivity index (χ0) is 17.9. The molecule has 0 radical (unpaired) electrons. The van der Waals surface area contributed by atoms with Gasteiger partial charge < -0.3 is 10.6 Å². The number of hydrogen-bond donors (Lipinski definition) is 2. The van der Waals surface area contributed by atoms with Crippen molar-refractivity contribution >= 4 is 17.6 Å². The number of nitrogens with one attached hydrogen (secondary N) is 2. The Bertz CT molecular complexity index is 923. The molecule has 0 saturated carbocycles. The number of para-hydroxylation sites is 1. The van der Waals surface area contributed by atoms with Gasteiger partial charge in [-0.15, -0.1) is 0 Å². The van der Waals surface area contributed by atoms with Gasteiger partial charge in [-0.3, -0.25) is 0 Å². The summed E-state index contributed by atoms with van der Waals surface area (Å²) < 4.78 is 1.80. The molecule has 26 heavy (non-hydrogen) atoms. The van der Waals surface area contributed by atoms with E-state index in [2.05, 4.69) is 15.7 Å². The summed E-state index contributed by atoms with van der Waals surface area (Å²) in [5.41, 5.74) is 4.19. The van der Waals surface area contributed by atoms with E-state index in [0.717, 1.165) is 40.2 Å². The van der Waals surface area contributed by atoms with Gasteiger partial charge in [0, 0.05) is 23.3 Å². The molecule has 0 aliphatic heterocycles. The van der Waals surface area contributed by atoms with Crippen LogP contribution in [0.2, 0.25) is 5.02 Å². The predicted molar refractivity (Wildman–Crippen MR) is 101 cm³/mol. The van der Waals surface area contributed by atoms with Gasteiger partial charge in [0.2, 0.25) is 0 Å². The Kier molecular flexibility index (Phi) is 4.63. The smallest absolute Gasteiger partial charge is 0.315 e. The first-order valence-corrected chi connectivity index (χ1v) is 8.99. The number of urea groups is 1. The molecule has 5 nitrogen and oxygen atoms in total. The van der Waals surface area contributed by atoms with Crippen LogP contribution in [0, 0.1) is 0 Å². The molecular formula is C20H19ClN4O. The van der Waals surface area contributed by atoms with Crippen molar-refractivity contribution in [2.45, 2.75) is 25.4 Å². The van der Waals surface area contributed by atoms with E-state index in [1.54, 1.807) is 10.9 Å². The molecule has 132 valence electrons. The molecule has 0 bridgehead atoms. The van der Waals surface area contributed by atoms with Crippen molar-refractivity contribution in [2.75, 3.05) is 0 Å². The molecule has 0 spiro atoms. The van der Waals surface area contributed by atoms with Gasteiger partial charge in [-0.05, 0) is 42.2 Å². The Morgan fingerprint density at radius 1 is 1.19 bits per heavy atom. The van der Waals surface area contributed by atoms with E-state index in [1.807, 2.05) is 54.7 Å². The highest BCUT2D eigenvalue weighted by molar-refractivity contribution is 6.31. The molecule has 6 heteroatoms. The Balaban J connectivity index is 1.34. The van der Waals surface area contributed by atoms with E-state index < -0.39 is 0 Å². The highest BCUT2D eigenvalue weighted by Gasteiger charge is 2.25. The lowest BCUT2D eigenvalue weighted by molar-refractivity contribution is 0.236. The molecule has 1 atom stereocenters. The van der Waals surface area contributed by atoms with Crippen molar-refractivity contribution in [3.63, 3.8) is 0 Å². The van der Waals surface area contributed by atoms with E-state index in [-0.39, 0.29) is 12.1 Å². The van der Waals surface area contributed by atoms with Gasteiger partial charge in [0.25, 0.3) is 0 Å². The number of aromatic nitrogens is 2. The number of rotatable bonds is 4. The molecule has 0 fully saturated rings. The average Bonchev–Trinajstić information content (AvgIpc) is 3.29. The van der Waals surface area contributed by atoms with Crippen molar-refractivity contribution in [1.82, 2.24) is 20.4 Å². The quantitative estimate of drug-likeness (QED) is 0.732. The van der Waals surface area contributed by atoms with E-state index in [0.29, 0.717) is 6.54 Å². The van der Waals surface area contributed by atoms with Crippen LogP contribution in [-0.4, -0.2) is 15.8 Å². The number of nitrogens with zero attached hydrogens (tertiary/aromatic N) is 2. The van der Waals surface area contributed by atoms with Crippen LogP contribution in [0.25, 0.3) is 5.69 Å². The molecule has 2 amide bonds. The minimum Gasteiger partial charge on any atom is -0.334 e. The maximum Gasteiger partial charge on any atom is 0.315 e. The number of carbonyl (C=O) groups is 1. The van der Waals surface area contributed by atoms with Crippen LogP contribution in [0.5, 0.6) is 0 Å². The lowest BCUT2D eigenvalue weighted by atomic mass is 10.1. The third-order valence-electron chi connectivity index (χ3n) is 4.63. The van der Waals surface area contributed by atoms with E-state index in [9.17, 15) is 4.79 Å². The maximum absolute atomic E-state index is 12.3. The molecule has 1 aromatic heterocycles. The Labute approximate surface area is 157 Å². The number of carbonyl (C=O) groups excluding carboxylic acids is 1. The first-order valence-electron chi connectivity index (χ1n) is 8.61. The minimum absolute atomic E-state index is 0.00995. The summed E-state index contributed by atoms with van der Waals surface area (Å²) in [6.07, 6.45) is 5.44. The second-order valence-electron chi connectivity index (χ2n) is 6.35. The monoisotopic (exact) mass is 366 g/mol. The first-order chi connectivity index (χ1) is 12.7. The van der Waals surface area contributed by atoms with Crippen molar-refractivity contribution in [2.24, 2.45) is 0 Å². The van der Waals surface area contributed by atoms with Crippen molar-refractivity contribution in [3.8, 4) is 5.69 Å². The number of amides is 2. The fraction of sp³-hybridized carbons (Fsp3) is 0.200. The fourth-order valence-corrected chi connectivity index (χ4v) is 3.60. The Morgan fingerprint density at radius 3 is 2.88 bits per heavy atom. The lowest BCUT2D eigenvalue weighted by Gasteiger charge is -2.14. The highest BCUT2D eigenvalue weighted by Crippen LogP contribution is 2.35. The predicted octanol–water partition coefficient (Wildman–Crippen LogP) is 4.01. The van der Waals surface area contributed by atoms with Gasteiger partial charge in [0.15, 0.2) is 0 Å². The van der Waals surface area contributed by atoms with Crippen molar-refractivity contribution in [3.05, 3.63) is 82.6 Å². The van der Waals surface area contributed by atoms with Gasteiger partial charge >= 0.3 is 6.03 Å². The Hall–Kier alpha value is -2.79. The van der Waals surface area contributed by atoms with Crippen LogP contribution < -0.4 is 10.6 Å². The molecule has 2 N–H and O–H groups in total. The van der Waals surface area contributed by atoms with Gasteiger partial charge in [0.05, 0.1) is 17.9 Å². The summed E-state index contributed by atoms with van der Waals surface area (Å²) in [5.74, 6) is 0. The molecule has 2 aromatic carbocycles. The largest absolute Gasteiger partial charge is 0.334 e. The van der Waals surface area contributed by atoms with E-state index in [4.69, 9.17) is 11.6 Å². The third-order valence-corrected chi connectivity index (χ3v) is 4.98. The summed E-state index contributed by atoms with van der Waals surface area (Å²) in [7, 11) is 0. The van der Waals surface area contributed by atoms with Gasteiger partial charge in [-0.25, -0.2) is 9.48 Å². The van der Waals surface area contributed by atoms with Crippen LogP contribution in [0.4, 0.5) is 4.79 Å². The second kappa shape index (κ2) is 7.22. The normalized spacial score (nSPS) is 15.5. The molecule has 0 unspecified atom stereocenters. The summed E-state index contributed by atoms with van der Waals surface area (Å²) in [6, 6.07) is 15.6. The van der Waals surface area contributed by atoms with Crippen LogP contribution in [-0.2, 0) is 13.0 Å². The fourth-order valence-electron chi connectivity index (χ4n) is 3.32. The number of benzene rings is 2. The van der Waals surface area contributed by atoms with Crippen LogP contribution in [0.1, 0.15) is 29.2 Å². The number of hydrogen-bond acceptors (Lipinski definition) is 2. The Morgan fingerprint density at radius 2 is 2.04 bits per heavy atom. The van der Waals surface area contributed by atoms with Crippen molar-refractivity contribution < 1.29 is 4.79 Å². The van der Waals surface area contributed by atoms with Crippen LogP contribution >= 0.6 is 11.6 Å². The lowest BCUT2D eigenvalue weighted by Crippen LogP contribution is -2.36. The molecule has 1 aliphatic carbocycles. The summed E-state index contributed by atoms with van der Waals surface area (Å²) in [4.78, 5) is 12.3. The average molecular weight is 367 g/mol. The highest BCUT2D eigenvalue weighted by atomic mass is 35.5. The number of halogens is 1. The van der Waals surface area contributed by atoms with E-state index in [1.165, 1.54) is 0 Å². The maximum atomic E-state index is 12.3. The SMILES string of the molecule is O=C(NCc1cnn(-c2ccccc2)c1)N[C@H]1CCc2c(Cl)cccc21. The molecule has 3 aromatic rings. The first kappa shape index (κ1) is 16.7. The molecular weight excluding hydrogens is 348 g/mol. The molecule has 1 heterocycles. The second-order valence-corrected chi connectivity index (χ2v) is 6.76. The van der Waals surface area contributed by atoms with Gasteiger partial charge in [0.1, 0.15) is 0 Å². The molecule has 0 saturated heterocycles. The topological polar surface area (TPSA) is 59.0 Å². The summed E-state index contributed by atoms with van der Waals surface area (Å²) in [5, 5.41) is 11.1. The zero-order valence-corrected chi connectivity index (χ0v) is 14.9. The molecule has 1 aliphatic rings. The zero-order valence-electron chi connectivity index (χ0n) is 14.2. The van der Waals surface area contributed by atoms with E-state index >= 15 is 0 Å². The summed E-state index contributed by atoms with van der Waals surface area (Å²) >= 11 is 6.23. The third kappa shape index (κ3) is 3.44. The van der Waals surface area contributed by atoms with Gasteiger partial charge in [-0.1, -0.05) is 41.9 Å². The molecule has 4 rings (SSSR count). The van der Waals surface area contributed by atoms with Crippen LogP contribution in [0.15, 0.2) is 60.9 Å². The minimum atomic E-state index is -0.185. The van der Waals surface area contributed by atoms with Crippen molar-refractivity contribution in [1.29, 1.82) is 0 Å². The summed E-state index contributed by atoms with van der Waals surface area (Å²) in [6.45, 7) is 0.424. The number of fused-ring (bicyclic) bond motifs is 1. The standard InChI is InChI=1S/C20H19ClN4O/c21-18-8-4-7-17-16(18)9-10-19(17)24-20(26)22-11-14-12-23-25(13-14)15-5-2-1-3-6-15/h1-8,12-13,19H,9-11H2,(H2,22,24,26)/t19-/m0/s1. The van der Waals surface area contributed by atoms with Gasteiger partial charge in [-0.2, -0.15) is 5.10 Å².